The number of benzene rings is 1. The second-order valence-electron chi connectivity index (χ2n) is 7.14. The Morgan fingerprint density at radius 1 is 1.09 bits per heavy atom. The van der Waals surface area contributed by atoms with E-state index in [0.29, 0.717) is 12.2 Å². The van der Waals surface area contributed by atoms with Crippen molar-refractivity contribution in [2.45, 2.75) is 46.0 Å². The van der Waals surface area contributed by atoms with E-state index < -0.39 is 0 Å². The summed E-state index contributed by atoms with van der Waals surface area (Å²) in [6.45, 7) is 7.51. The zero-order chi connectivity index (χ0) is 14.8. The molecular formula is C19H28ClNO. The van der Waals surface area contributed by atoms with E-state index in [1.165, 1.54) is 44.3 Å². The van der Waals surface area contributed by atoms with Gasteiger partial charge in [0.2, 0.25) is 0 Å². The monoisotopic (exact) mass is 321 g/mol. The van der Waals surface area contributed by atoms with Crippen LogP contribution in [-0.2, 0) is 0 Å². The number of Topliss-reactive ketones (excluding diaryl/α,β-unsaturated/α-hetero) is 1. The number of nitrogens with zero attached hydrogens (tertiary/aromatic N) is 1. The van der Waals surface area contributed by atoms with E-state index >= 15 is 0 Å². The molecule has 3 fully saturated rings. The van der Waals surface area contributed by atoms with Gasteiger partial charge >= 0.3 is 0 Å². The molecule has 3 aliphatic rings. The van der Waals surface area contributed by atoms with Crippen LogP contribution in [0.1, 0.15) is 53.6 Å². The molecule has 2 saturated heterocycles. The predicted molar refractivity (Wildman–Crippen MR) is 94.0 cm³/mol. The van der Waals surface area contributed by atoms with Crippen LogP contribution in [0.3, 0.4) is 0 Å². The number of halogens is 1. The van der Waals surface area contributed by atoms with E-state index in [2.05, 4.69) is 17.9 Å². The Hall–Kier alpha value is -0.860. The lowest BCUT2D eigenvalue weighted by atomic mass is 9.84. The number of carbonyl (C=O) groups excluding carboxylic acids is 1. The van der Waals surface area contributed by atoms with Gasteiger partial charge in [0.25, 0.3) is 0 Å². The summed E-state index contributed by atoms with van der Waals surface area (Å²) in [5.41, 5.74) is 3.27. The maximum atomic E-state index is 12.5. The summed E-state index contributed by atoms with van der Waals surface area (Å²) >= 11 is 0. The van der Waals surface area contributed by atoms with Crippen LogP contribution < -0.4 is 0 Å². The molecule has 0 spiro atoms. The normalized spacial score (nSPS) is 24.6. The molecule has 0 radical (unpaired) electrons. The highest BCUT2D eigenvalue weighted by atomic mass is 35.5. The number of hydrogen-bond acceptors (Lipinski definition) is 2. The van der Waals surface area contributed by atoms with E-state index in [-0.39, 0.29) is 12.4 Å². The Kier molecular flexibility index (Phi) is 6.05. The highest BCUT2D eigenvalue weighted by Crippen LogP contribution is 2.33. The standard InChI is InChI=1S/C19H27NO.ClH/c1-14-3-8-18(15(2)11-14)19(21)9-10-20-12-16-4-5-17(13-20)7-6-16;/h3,8,11,16-17H,4-7,9-10,12-13H2,1-2H3;1H. The molecule has 2 heterocycles. The Morgan fingerprint density at radius 2 is 1.68 bits per heavy atom. The Bertz CT molecular complexity index is 506. The fourth-order valence-electron chi connectivity index (χ4n) is 4.10. The number of carbonyl (C=O) groups is 1. The molecule has 2 aliphatic heterocycles. The lowest BCUT2D eigenvalue weighted by molar-refractivity contribution is 0.0960. The highest BCUT2D eigenvalue weighted by molar-refractivity contribution is 5.97. The van der Waals surface area contributed by atoms with Crippen LogP contribution in [0.25, 0.3) is 0 Å². The van der Waals surface area contributed by atoms with Crippen LogP contribution in [0, 0.1) is 25.7 Å². The molecule has 1 aromatic rings. The average molecular weight is 322 g/mol. The third-order valence-corrected chi connectivity index (χ3v) is 5.34. The summed E-state index contributed by atoms with van der Waals surface area (Å²) in [5.74, 6) is 2.09. The molecule has 22 heavy (non-hydrogen) atoms. The number of aryl methyl sites for hydroxylation is 2. The van der Waals surface area contributed by atoms with Gasteiger partial charge in [0, 0.05) is 31.6 Å². The van der Waals surface area contributed by atoms with Crippen LogP contribution >= 0.6 is 12.4 Å². The maximum Gasteiger partial charge on any atom is 0.164 e. The van der Waals surface area contributed by atoms with E-state index in [1.54, 1.807) is 0 Å². The minimum atomic E-state index is 0. The lowest BCUT2D eigenvalue weighted by Gasteiger charge is -2.21. The van der Waals surface area contributed by atoms with Crippen molar-refractivity contribution in [3.05, 3.63) is 34.9 Å². The van der Waals surface area contributed by atoms with Crippen molar-refractivity contribution < 1.29 is 4.79 Å². The van der Waals surface area contributed by atoms with Gasteiger partial charge in [-0.05, 0) is 56.9 Å². The number of ketones is 1. The fourth-order valence-corrected chi connectivity index (χ4v) is 4.10. The molecule has 0 aromatic heterocycles. The summed E-state index contributed by atoms with van der Waals surface area (Å²) in [6.07, 6.45) is 6.31. The molecule has 1 aromatic carbocycles. The Labute approximate surface area is 140 Å². The Balaban J connectivity index is 0.00000176. The molecule has 2 nitrogen and oxygen atoms in total. The summed E-state index contributed by atoms with van der Waals surface area (Å²) < 4.78 is 0. The average Bonchev–Trinajstić information content (AvgIpc) is 2.77. The van der Waals surface area contributed by atoms with Gasteiger partial charge in [0.15, 0.2) is 5.78 Å². The highest BCUT2D eigenvalue weighted by Gasteiger charge is 2.29. The molecule has 0 amide bonds. The number of hydrogen-bond donors (Lipinski definition) is 0. The molecule has 1 aliphatic carbocycles. The quantitative estimate of drug-likeness (QED) is 0.765. The molecular weight excluding hydrogens is 294 g/mol. The first-order valence-electron chi connectivity index (χ1n) is 8.44. The van der Waals surface area contributed by atoms with Crippen LogP contribution in [0.4, 0.5) is 0 Å². The summed E-state index contributed by atoms with van der Waals surface area (Å²) in [6, 6.07) is 6.16. The summed E-state index contributed by atoms with van der Waals surface area (Å²) in [7, 11) is 0. The number of rotatable bonds is 4. The molecule has 1 saturated carbocycles. The van der Waals surface area contributed by atoms with E-state index in [4.69, 9.17) is 0 Å². The van der Waals surface area contributed by atoms with Gasteiger partial charge in [-0.3, -0.25) is 4.79 Å². The third-order valence-electron chi connectivity index (χ3n) is 5.34. The fraction of sp³-hybridized carbons (Fsp3) is 0.632. The maximum absolute atomic E-state index is 12.5. The second kappa shape index (κ2) is 7.61. The van der Waals surface area contributed by atoms with Gasteiger partial charge in [0.1, 0.15) is 0 Å². The smallest absolute Gasteiger partial charge is 0.164 e. The van der Waals surface area contributed by atoms with Crippen LogP contribution in [0.2, 0.25) is 0 Å². The summed E-state index contributed by atoms with van der Waals surface area (Å²) in [5, 5.41) is 0. The molecule has 4 rings (SSSR count). The van der Waals surface area contributed by atoms with Gasteiger partial charge in [0.05, 0.1) is 0 Å². The lowest BCUT2D eigenvalue weighted by Crippen LogP contribution is -2.30. The predicted octanol–water partition coefficient (Wildman–Crippen LogP) is 4.42. The van der Waals surface area contributed by atoms with Gasteiger partial charge in [-0.1, -0.05) is 23.8 Å². The summed E-state index contributed by atoms with van der Waals surface area (Å²) in [4.78, 5) is 15.0. The molecule has 2 bridgehead atoms. The molecule has 0 N–H and O–H groups in total. The first-order chi connectivity index (χ1) is 10.1. The van der Waals surface area contributed by atoms with Gasteiger partial charge in [-0.2, -0.15) is 0 Å². The third kappa shape index (κ3) is 4.11. The van der Waals surface area contributed by atoms with Crippen molar-refractivity contribution >= 4 is 18.2 Å². The minimum Gasteiger partial charge on any atom is -0.302 e. The first kappa shape index (κ1) is 17.5. The van der Waals surface area contributed by atoms with Crippen LogP contribution in [0.5, 0.6) is 0 Å². The zero-order valence-electron chi connectivity index (χ0n) is 13.8. The molecule has 122 valence electrons. The van der Waals surface area contributed by atoms with Crippen molar-refractivity contribution in [3.63, 3.8) is 0 Å². The SMILES string of the molecule is Cc1ccc(C(=O)CCN2CC3CCC(CC3)C2)c(C)c1.Cl. The number of fused-ring (bicyclic) bond motifs is 4. The van der Waals surface area contributed by atoms with Crippen molar-refractivity contribution in [3.8, 4) is 0 Å². The minimum absolute atomic E-state index is 0. The molecule has 0 unspecified atom stereocenters. The zero-order valence-corrected chi connectivity index (χ0v) is 14.6. The van der Waals surface area contributed by atoms with E-state index in [9.17, 15) is 4.79 Å². The van der Waals surface area contributed by atoms with Crippen molar-refractivity contribution in [2.24, 2.45) is 11.8 Å². The topological polar surface area (TPSA) is 20.3 Å². The van der Waals surface area contributed by atoms with E-state index in [1.807, 2.05) is 19.1 Å². The van der Waals surface area contributed by atoms with Crippen LogP contribution in [-0.4, -0.2) is 30.3 Å². The van der Waals surface area contributed by atoms with Gasteiger partial charge in [-0.15, -0.1) is 12.4 Å². The van der Waals surface area contributed by atoms with Crippen molar-refractivity contribution in [2.75, 3.05) is 19.6 Å². The largest absolute Gasteiger partial charge is 0.302 e. The van der Waals surface area contributed by atoms with Gasteiger partial charge < -0.3 is 4.90 Å². The van der Waals surface area contributed by atoms with E-state index in [0.717, 1.165) is 29.5 Å². The van der Waals surface area contributed by atoms with Gasteiger partial charge in [-0.25, -0.2) is 0 Å². The van der Waals surface area contributed by atoms with Crippen molar-refractivity contribution in [1.29, 1.82) is 0 Å². The Morgan fingerprint density at radius 3 is 2.23 bits per heavy atom. The van der Waals surface area contributed by atoms with Crippen LogP contribution in [0.15, 0.2) is 18.2 Å². The van der Waals surface area contributed by atoms with Crippen molar-refractivity contribution in [1.82, 2.24) is 4.90 Å². The first-order valence-corrected chi connectivity index (χ1v) is 8.44. The molecule has 3 heteroatoms. The molecule has 0 atom stereocenters. The second-order valence-corrected chi connectivity index (χ2v) is 7.14.